The van der Waals surface area contributed by atoms with E-state index in [2.05, 4.69) is 47.2 Å². The number of hydrogen-bond acceptors (Lipinski definition) is 4. The molecule has 1 amide bonds. The van der Waals surface area contributed by atoms with E-state index in [1.165, 1.54) is 5.69 Å². The maximum atomic E-state index is 12.8. The van der Waals surface area contributed by atoms with Crippen LogP contribution in [0.4, 0.5) is 11.4 Å². The summed E-state index contributed by atoms with van der Waals surface area (Å²) in [5.41, 5.74) is 4.37. The maximum absolute atomic E-state index is 12.8. The number of para-hydroxylation sites is 2. The lowest BCUT2D eigenvalue weighted by atomic mass is 10.0. The lowest BCUT2D eigenvalue weighted by Crippen LogP contribution is -2.44. The van der Waals surface area contributed by atoms with Gasteiger partial charge < -0.3 is 15.1 Å². The minimum atomic E-state index is -0.339. The van der Waals surface area contributed by atoms with Crippen molar-refractivity contribution >= 4 is 17.3 Å². The Morgan fingerprint density at radius 3 is 2.17 bits per heavy atom. The summed E-state index contributed by atoms with van der Waals surface area (Å²) < 4.78 is 0. The van der Waals surface area contributed by atoms with Crippen molar-refractivity contribution in [3.8, 4) is 6.07 Å². The maximum Gasteiger partial charge on any atom is 0.267 e. The van der Waals surface area contributed by atoms with E-state index in [-0.39, 0.29) is 11.5 Å². The van der Waals surface area contributed by atoms with Gasteiger partial charge >= 0.3 is 0 Å². The van der Waals surface area contributed by atoms with Gasteiger partial charge in [-0.05, 0) is 36.1 Å². The number of hydrogen-bond donors (Lipinski definition) is 1. The van der Waals surface area contributed by atoms with Gasteiger partial charge in [-0.25, -0.2) is 0 Å². The van der Waals surface area contributed by atoms with Gasteiger partial charge in [0.2, 0.25) is 0 Å². The first-order valence-electron chi connectivity index (χ1n) is 10.2. The molecular formula is C24H28N4O. The van der Waals surface area contributed by atoms with Gasteiger partial charge in [0.15, 0.2) is 0 Å². The average Bonchev–Trinajstić information content (AvgIpc) is 2.78. The topological polar surface area (TPSA) is 59.4 Å². The minimum absolute atomic E-state index is 0.145. The van der Waals surface area contributed by atoms with E-state index in [1.807, 2.05) is 36.4 Å². The summed E-state index contributed by atoms with van der Waals surface area (Å²) in [4.78, 5) is 17.2. The molecule has 0 atom stereocenters. The molecule has 29 heavy (non-hydrogen) atoms. The Morgan fingerprint density at radius 1 is 1.00 bits per heavy atom. The molecular weight excluding hydrogens is 360 g/mol. The molecule has 0 unspecified atom stereocenters. The Kier molecular flexibility index (Phi) is 6.91. The van der Waals surface area contributed by atoms with Gasteiger partial charge in [0.1, 0.15) is 11.6 Å². The van der Waals surface area contributed by atoms with Crippen LogP contribution in [0.3, 0.4) is 0 Å². The largest absolute Gasteiger partial charge is 0.373 e. The monoisotopic (exact) mass is 388 g/mol. The highest BCUT2D eigenvalue weighted by Crippen LogP contribution is 2.23. The van der Waals surface area contributed by atoms with Crippen LogP contribution in [0.15, 0.2) is 60.3 Å². The molecule has 2 aromatic rings. The van der Waals surface area contributed by atoms with Gasteiger partial charge in [-0.2, -0.15) is 5.26 Å². The molecule has 1 saturated heterocycles. The summed E-state index contributed by atoms with van der Waals surface area (Å²) in [6.07, 6.45) is 3.37. The highest BCUT2D eigenvalue weighted by Gasteiger charge is 2.18. The smallest absolute Gasteiger partial charge is 0.267 e. The number of carbonyl (C=O) groups excluding carboxylic acids is 1. The normalized spacial score (nSPS) is 14.4. The zero-order chi connectivity index (χ0) is 20.6. The molecule has 1 aliphatic rings. The molecule has 0 bridgehead atoms. The van der Waals surface area contributed by atoms with Crippen molar-refractivity contribution in [2.24, 2.45) is 0 Å². The van der Waals surface area contributed by atoms with Crippen LogP contribution in [0.2, 0.25) is 0 Å². The van der Waals surface area contributed by atoms with E-state index < -0.39 is 0 Å². The molecule has 1 aliphatic heterocycles. The highest BCUT2D eigenvalue weighted by atomic mass is 16.1. The standard InChI is InChI=1S/C24H28N4O/c1-3-19-9-8-10-20(4-2)23(19)26-24(29)21(17-25)18-27-13-15-28(16-14-27)22-11-6-5-7-12-22/h5-12,18H,3-4,13-16H2,1-2H3,(H,26,29)/b21-18-. The predicted molar refractivity (Wildman–Crippen MR) is 118 cm³/mol. The van der Waals surface area contributed by atoms with E-state index in [9.17, 15) is 10.1 Å². The second-order valence-electron chi connectivity index (χ2n) is 7.13. The zero-order valence-electron chi connectivity index (χ0n) is 17.2. The number of nitrogens with one attached hydrogen (secondary N) is 1. The number of rotatable bonds is 6. The van der Waals surface area contributed by atoms with E-state index >= 15 is 0 Å². The van der Waals surface area contributed by atoms with Crippen molar-refractivity contribution in [2.45, 2.75) is 26.7 Å². The quantitative estimate of drug-likeness (QED) is 0.601. The van der Waals surface area contributed by atoms with Crippen LogP contribution in [-0.2, 0) is 17.6 Å². The van der Waals surface area contributed by atoms with Gasteiger partial charge in [0.05, 0.1) is 0 Å². The summed E-state index contributed by atoms with van der Waals surface area (Å²) in [6.45, 7) is 7.41. The van der Waals surface area contributed by atoms with Crippen LogP contribution in [0, 0.1) is 11.3 Å². The van der Waals surface area contributed by atoms with Gasteiger partial charge in [0.25, 0.3) is 5.91 Å². The summed E-state index contributed by atoms with van der Waals surface area (Å²) >= 11 is 0. The van der Waals surface area contributed by atoms with Crippen molar-refractivity contribution in [2.75, 3.05) is 36.4 Å². The molecule has 2 aromatic carbocycles. The fourth-order valence-electron chi connectivity index (χ4n) is 3.65. The van der Waals surface area contributed by atoms with E-state index in [1.54, 1.807) is 6.20 Å². The first-order chi connectivity index (χ1) is 14.2. The van der Waals surface area contributed by atoms with Crippen LogP contribution >= 0.6 is 0 Å². The van der Waals surface area contributed by atoms with Crippen molar-refractivity contribution < 1.29 is 4.79 Å². The molecule has 3 rings (SSSR count). The first kappa shape index (κ1) is 20.5. The Hall–Kier alpha value is -3.26. The molecule has 0 saturated carbocycles. The van der Waals surface area contributed by atoms with Gasteiger partial charge in [-0.15, -0.1) is 0 Å². The zero-order valence-corrected chi connectivity index (χ0v) is 17.2. The highest BCUT2D eigenvalue weighted by molar-refractivity contribution is 6.07. The number of carbonyl (C=O) groups is 1. The fourth-order valence-corrected chi connectivity index (χ4v) is 3.65. The van der Waals surface area contributed by atoms with Gasteiger partial charge in [-0.3, -0.25) is 4.79 Å². The number of amides is 1. The predicted octanol–water partition coefficient (Wildman–Crippen LogP) is 3.98. The SMILES string of the molecule is CCc1cccc(CC)c1NC(=O)/C(C#N)=C\N1CCN(c2ccccc2)CC1. The second kappa shape index (κ2) is 9.79. The minimum Gasteiger partial charge on any atom is -0.373 e. The molecule has 5 nitrogen and oxygen atoms in total. The second-order valence-corrected chi connectivity index (χ2v) is 7.13. The summed E-state index contributed by atoms with van der Waals surface area (Å²) in [5.74, 6) is -0.339. The van der Waals surface area contributed by atoms with E-state index in [0.717, 1.165) is 55.8 Å². The van der Waals surface area contributed by atoms with E-state index in [4.69, 9.17) is 0 Å². The molecule has 0 aliphatic carbocycles. The Bertz CT molecular complexity index is 884. The number of aryl methyl sites for hydroxylation is 2. The Labute approximate surface area is 173 Å². The third-order valence-corrected chi connectivity index (χ3v) is 5.35. The summed E-state index contributed by atoms with van der Waals surface area (Å²) in [7, 11) is 0. The molecule has 5 heteroatoms. The van der Waals surface area contributed by atoms with Crippen molar-refractivity contribution in [3.05, 3.63) is 71.4 Å². The van der Waals surface area contributed by atoms with Crippen molar-refractivity contribution in [3.63, 3.8) is 0 Å². The van der Waals surface area contributed by atoms with Gasteiger partial charge in [-0.1, -0.05) is 50.2 Å². The summed E-state index contributed by atoms with van der Waals surface area (Å²) in [6, 6.07) is 18.4. The molecule has 0 spiro atoms. The third kappa shape index (κ3) is 4.97. The average molecular weight is 389 g/mol. The Balaban J connectivity index is 1.68. The Morgan fingerprint density at radius 2 is 1.62 bits per heavy atom. The molecule has 150 valence electrons. The lowest BCUT2D eigenvalue weighted by molar-refractivity contribution is -0.112. The third-order valence-electron chi connectivity index (χ3n) is 5.35. The first-order valence-corrected chi connectivity index (χ1v) is 10.2. The van der Waals surface area contributed by atoms with Crippen LogP contribution in [-0.4, -0.2) is 37.0 Å². The summed E-state index contributed by atoms with van der Waals surface area (Å²) in [5, 5.41) is 12.6. The molecule has 0 radical (unpaired) electrons. The van der Waals surface area contributed by atoms with Crippen LogP contribution in [0.5, 0.6) is 0 Å². The lowest BCUT2D eigenvalue weighted by Gasteiger charge is -2.35. The van der Waals surface area contributed by atoms with Crippen LogP contribution < -0.4 is 10.2 Å². The molecule has 1 N–H and O–H groups in total. The van der Waals surface area contributed by atoms with Crippen LogP contribution in [0.1, 0.15) is 25.0 Å². The fraction of sp³-hybridized carbons (Fsp3) is 0.333. The molecule has 1 fully saturated rings. The number of benzene rings is 2. The number of piperazine rings is 1. The van der Waals surface area contributed by atoms with Crippen LogP contribution in [0.25, 0.3) is 0 Å². The molecule has 0 aromatic heterocycles. The number of nitrogens with zero attached hydrogens (tertiary/aromatic N) is 3. The van der Waals surface area contributed by atoms with Crippen molar-refractivity contribution in [1.82, 2.24) is 4.90 Å². The number of anilines is 2. The number of nitriles is 1. The van der Waals surface area contributed by atoms with Crippen molar-refractivity contribution in [1.29, 1.82) is 5.26 Å². The molecule has 1 heterocycles. The van der Waals surface area contributed by atoms with E-state index in [0.29, 0.717) is 0 Å². The van der Waals surface area contributed by atoms with Gasteiger partial charge in [0, 0.05) is 43.8 Å².